The SMILES string of the molecule is CCc1ccc(C[NH+](C)[C@@H](C)C(=O)NC(=O)OC)cc1. The molecule has 2 atom stereocenters. The van der Waals surface area contributed by atoms with Crippen LogP contribution in [0, 0.1) is 0 Å². The fourth-order valence-corrected chi connectivity index (χ4v) is 1.85. The molecule has 110 valence electrons. The lowest BCUT2D eigenvalue weighted by atomic mass is 10.1. The smallest absolute Gasteiger partial charge is 0.413 e. The minimum Gasteiger partial charge on any atom is -0.453 e. The van der Waals surface area contributed by atoms with Gasteiger partial charge in [0.25, 0.3) is 5.91 Å². The van der Waals surface area contributed by atoms with E-state index in [0.717, 1.165) is 23.4 Å². The fourth-order valence-electron chi connectivity index (χ4n) is 1.85. The van der Waals surface area contributed by atoms with Gasteiger partial charge < -0.3 is 9.64 Å². The normalized spacial score (nSPS) is 13.4. The lowest BCUT2D eigenvalue weighted by molar-refractivity contribution is -0.908. The summed E-state index contributed by atoms with van der Waals surface area (Å²) in [5.41, 5.74) is 2.46. The molecule has 0 saturated heterocycles. The van der Waals surface area contributed by atoms with Crippen molar-refractivity contribution >= 4 is 12.0 Å². The van der Waals surface area contributed by atoms with E-state index in [4.69, 9.17) is 0 Å². The number of hydrogen-bond acceptors (Lipinski definition) is 3. The molecule has 2 N–H and O–H groups in total. The second-order valence-electron chi connectivity index (χ2n) is 4.90. The zero-order valence-corrected chi connectivity index (χ0v) is 12.5. The second kappa shape index (κ2) is 7.65. The van der Waals surface area contributed by atoms with Crippen molar-refractivity contribution in [3.63, 3.8) is 0 Å². The van der Waals surface area contributed by atoms with Crippen molar-refractivity contribution in [1.29, 1.82) is 0 Å². The molecule has 0 aliphatic heterocycles. The number of likely N-dealkylation sites (N-methyl/N-ethyl adjacent to an activating group) is 1. The van der Waals surface area contributed by atoms with Crippen molar-refractivity contribution in [2.45, 2.75) is 32.9 Å². The summed E-state index contributed by atoms with van der Waals surface area (Å²) >= 11 is 0. The van der Waals surface area contributed by atoms with Crippen LogP contribution in [0.25, 0.3) is 0 Å². The summed E-state index contributed by atoms with van der Waals surface area (Å²) < 4.78 is 4.41. The Kier molecular flexibility index (Phi) is 6.18. The van der Waals surface area contributed by atoms with Crippen molar-refractivity contribution in [3.8, 4) is 0 Å². The summed E-state index contributed by atoms with van der Waals surface area (Å²) in [6.45, 7) is 4.62. The van der Waals surface area contributed by atoms with Crippen molar-refractivity contribution < 1.29 is 19.2 Å². The molecule has 0 bridgehead atoms. The number of imide groups is 1. The molecule has 20 heavy (non-hydrogen) atoms. The average molecular weight is 279 g/mol. The van der Waals surface area contributed by atoms with Gasteiger partial charge in [0.1, 0.15) is 6.54 Å². The largest absolute Gasteiger partial charge is 0.453 e. The third kappa shape index (κ3) is 4.66. The first kappa shape index (κ1) is 16.2. The molecular weight excluding hydrogens is 256 g/mol. The standard InChI is InChI=1S/C15H22N2O3/c1-5-12-6-8-13(9-7-12)10-17(3)11(2)14(18)16-15(19)20-4/h6-9,11H,5,10H2,1-4H3,(H,16,18,19)/p+1/t11-/m0/s1. The van der Waals surface area contributed by atoms with E-state index in [9.17, 15) is 9.59 Å². The van der Waals surface area contributed by atoms with Crippen LogP contribution in [0.1, 0.15) is 25.0 Å². The number of rotatable bonds is 5. The Morgan fingerprint density at radius 2 is 1.80 bits per heavy atom. The zero-order valence-electron chi connectivity index (χ0n) is 12.5. The van der Waals surface area contributed by atoms with Crippen LogP contribution < -0.4 is 10.2 Å². The van der Waals surface area contributed by atoms with E-state index in [1.807, 2.05) is 7.05 Å². The summed E-state index contributed by atoms with van der Waals surface area (Å²) in [6, 6.07) is 8.02. The first-order valence-corrected chi connectivity index (χ1v) is 6.76. The van der Waals surface area contributed by atoms with Gasteiger partial charge in [0.15, 0.2) is 6.04 Å². The van der Waals surface area contributed by atoms with Gasteiger partial charge in [0.05, 0.1) is 14.2 Å². The van der Waals surface area contributed by atoms with Crippen molar-refractivity contribution in [1.82, 2.24) is 5.32 Å². The molecular formula is C15H23N2O3+. The maximum Gasteiger partial charge on any atom is 0.413 e. The molecule has 5 nitrogen and oxygen atoms in total. The summed E-state index contributed by atoms with van der Waals surface area (Å²) in [5, 5.41) is 2.19. The van der Waals surface area contributed by atoms with Crippen LogP contribution in [-0.2, 0) is 22.5 Å². The number of nitrogens with one attached hydrogen (secondary N) is 2. The van der Waals surface area contributed by atoms with E-state index in [-0.39, 0.29) is 11.9 Å². The molecule has 0 aliphatic carbocycles. The van der Waals surface area contributed by atoms with Gasteiger partial charge in [-0.15, -0.1) is 0 Å². The first-order valence-electron chi connectivity index (χ1n) is 6.76. The maximum absolute atomic E-state index is 11.8. The highest BCUT2D eigenvalue weighted by Gasteiger charge is 2.23. The minimum absolute atomic E-state index is 0.333. The number of carbonyl (C=O) groups is 2. The third-order valence-corrected chi connectivity index (χ3v) is 3.46. The van der Waals surface area contributed by atoms with Gasteiger partial charge in [-0.05, 0) is 18.9 Å². The molecule has 0 radical (unpaired) electrons. The van der Waals surface area contributed by atoms with Gasteiger partial charge in [-0.2, -0.15) is 0 Å². The van der Waals surface area contributed by atoms with E-state index < -0.39 is 6.09 Å². The molecule has 0 spiro atoms. The number of ether oxygens (including phenoxy) is 1. The molecule has 1 aromatic carbocycles. The number of carbonyl (C=O) groups excluding carboxylic acids is 2. The number of quaternary nitrogens is 1. The maximum atomic E-state index is 11.8. The monoisotopic (exact) mass is 279 g/mol. The predicted octanol–water partition coefficient (Wildman–Crippen LogP) is 0.535. The Bertz CT molecular complexity index is 457. The Morgan fingerprint density at radius 1 is 1.25 bits per heavy atom. The van der Waals surface area contributed by atoms with E-state index in [0.29, 0.717) is 0 Å². The average Bonchev–Trinajstić information content (AvgIpc) is 2.46. The van der Waals surface area contributed by atoms with Crippen LogP contribution in [-0.4, -0.2) is 32.2 Å². The number of aryl methyl sites for hydroxylation is 1. The van der Waals surface area contributed by atoms with Crippen molar-refractivity contribution in [2.24, 2.45) is 0 Å². The number of amides is 2. The van der Waals surface area contributed by atoms with Crippen LogP contribution in [0.4, 0.5) is 4.79 Å². The highest BCUT2D eigenvalue weighted by atomic mass is 16.5. The summed E-state index contributed by atoms with van der Waals surface area (Å²) in [6.07, 6.45) is 0.294. The number of methoxy groups -OCH3 is 1. The van der Waals surface area contributed by atoms with Crippen molar-refractivity contribution in [3.05, 3.63) is 35.4 Å². The predicted molar refractivity (Wildman–Crippen MR) is 76.4 cm³/mol. The molecule has 0 fully saturated rings. The van der Waals surface area contributed by atoms with E-state index in [2.05, 4.69) is 41.2 Å². The van der Waals surface area contributed by atoms with Gasteiger partial charge in [0, 0.05) is 5.56 Å². The van der Waals surface area contributed by atoms with E-state index in [1.165, 1.54) is 12.7 Å². The highest BCUT2D eigenvalue weighted by molar-refractivity contribution is 5.93. The molecule has 0 aromatic heterocycles. The summed E-state index contributed by atoms with van der Waals surface area (Å²) in [7, 11) is 3.16. The molecule has 1 aromatic rings. The molecule has 1 rings (SSSR count). The van der Waals surface area contributed by atoms with Crippen LogP contribution in [0.15, 0.2) is 24.3 Å². The van der Waals surface area contributed by atoms with E-state index >= 15 is 0 Å². The highest BCUT2D eigenvalue weighted by Crippen LogP contribution is 2.03. The van der Waals surface area contributed by atoms with Gasteiger partial charge >= 0.3 is 6.09 Å². The van der Waals surface area contributed by atoms with Crippen LogP contribution in [0.2, 0.25) is 0 Å². The summed E-state index contributed by atoms with van der Waals surface area (Å²) in [5.74, 6) is -0.334. The van der Waals surface area contributed by atoms with Gasteiger partial charge in [-0.1, -0.05) is 31.2 Å². The fraction of sp³-hybridized carbons (Fsp3) is 0.467. The molecule has 5 heteroatoms. The zero-order chi connectivity index (χ0) is 15.1. The van der Waals surface area contributed by atoms with Gasteiger partial charge in [0.2, 0.25) is 0 Å². The Labute approximate surface area is 119 Å². The first-order chi connectivity index (χ1) is 9.47. The molecule has 2 amide bonds. The van der Waals surface area contributed by atoms with Crippen molar-refractivity contribution in [2.75, 3.05) is 14.2 Å². The molecule has 1 unspecified atom stereocenters. The Hall–Kier alpha value is -1.88. The number of hydrogen-bond donors (Lipinski definition) is 2. The lowest BCUT2D eigenvalue weighted by Crippen LogP contribution is -3.12. The van der Waals surface area contributed by atoms with E-state index in [1.54, 1.807) is 6.92 Å². The van der Waals surface area contributed by atoms with Crippen LogP contribution in [0.3, 0.4) is 0 Å². The summed E-state index contributed by atoms with van der Waals surface area (Å²) in [4.78, 5) is 23.8. The molecule has 0 aliphatic rings. The minimum atomic E-state index is -0.720. The van der Waals surface area contributed by atoms with Crippen LogP contribution in [0.5, 0.6) is 0 Å². The lowest BCUT2D eigenvalue weighted by Gasteiger charge is -2.20. The van der Waals surface area contributed by atoms with Gasteiger partial charge in [-0.3, -0.25) is 10.1 Å². The topological polar surface area (TPSA) is 59.8 Å². The second-order valence-corrected chi connectivity index (χ2v) is 4.90. The number of alkyl carbamates (subject to hydrolysis) is 1. The van der Waals surface area contributed by atoms with Crippen LogP contribution >= 0.6 is 0 Å². The number of benzene rings is 1. The molecule has 0 heterocycles. The Morgan fingerprint density at radius 3 is 2.30 bits per heavy atom. The Balaban J connectivity index is 2.57. The van der Waals surface area contributed by atoms with Gasteiger partial charge in [-0.25, -0.2) is 4.79 Å². The third-order valence-electron chi connectivity index (χ3n) is 3.46. The molecule has 0 saturated carbocycles. The quantitative estimate of drug-likeness (QED) is 0.827.